The van der Waals surface area contributed by atoms with Gasteiger partial charge in [0.25, 0.3) is 5.91 Å². The van der Waals surface area contributed by atoms with Crippen LogP contribution in [0.15, 0.2) is 78.9 Å². The number of rotatable bonds is 8. The highest BCUT2D eigenvalue weighted by molar-refractivity contribution is 5.99. The number of amides is 2. The van der Waals surface area contributed by atoms with Crippen LogP contribution in [-0.4, -0.2) is 30.9 Å². The smallest absolute Gasteiger partial charge is 0.253 e. The molecule has 5 nitrogen and oxygen atoms in total. The summed E-state index contributed by atoms with van der Waals surface area (Å²) in [4.78, 5) is 27.5. The molecule has 1 fully saturated rings. The first-order chi connectivity index (χ1) is 17.0. The summed E-state index contributed by atoms with van der Waals surface area (Å²) >= 11 is 0. The van der Waals surface area contributed by atoms with Gasteiger partial charge in [-0.1, -0.05) is 80.6 Å². The Bertz CT molecular complexity index is 1120. The van der Waals surface area contributed by atoms with E-state index in [0.29, 0.717) is 24.4 Å². The lowest BCUT2D eigenvalue weighted by atomic mass is 10.0. The van der Waals surface area contributed by atoms with Crippen LogP contribution < -0.4 is 15.5 Å². The molecule has 0 unspecified atom stereocenters. The molecule has 1 heterocycles. The highest BCUT2D eigenvalue weighted by Crippen LogP contribution is 2.25. The van der Waals surface area contributed by atoms with Crippen LogP contribution in [0.1, 0.15) is 49.0 Å². The summed E-state index contributed by atoms with van der Waals surface area (Å²) in [6.45, 7) is 6.23. The predicted octanol–water partition coefficient (Wildman–Crippen LogP) is 5.41. The standard InChI is InChI=1S/C30H35N3O2/c1-22(2)20-29(34)32-26-16-18-33(19-17-26)28-11-7-6-10-27(28)30(35)31-21-23-12-14-25(15-13-23)24-8-4-3-5-9-24/h3-15,22,26H,16-21H2,1-2H3,(H,31,35)(H,32,34). The maximum atomic E-state index is 13.1. The molecule has 35 heavy (non-hydrogen) atoms. The van der Waals surface area contributed by atoms with Crippen molar-refractivity contribution in [1.29, 1.82) is 0 Å². The van der Waals surface area contributed by atoms with Gasteiger partial charge >= 0.3 is 0 Å². The molecule has 0 spiro atoms. The number of carbonyl (C=O) groups is 2. The van der Waals surface area contributed by atoms with Gasteiger partial charge in [0.05, 0.1) is 5.56 Å². The number of piperidine rings is 1. The second-order valence-corrected chi connectivity index (χ2v) is 9.69. The minimum atomic E-state index is -0.0694. The van der Waals surface area contributed by atoms with Crippen molar-refractivity contribution < 1.29 is 9.59 Å². The average Bonchev–Trinajstić information content (AvgIpc) is 2.88. The average molecular weight is 470 g/mol. The predicted molar refractivity (Wildman–Crippen MR) is 142 cm³/mol. The Morgan fingerprint density at radius 3 is 2.17 bits per heavy atom. The Hall–Kier alpha value is -3.60. The fourth-order valence-electron chi connectivity index (χ4n) is 4.59. The van der Waals surface area contributed by atoms with Gasteiger partial charge in [-0.05, 0) is 47.6 Å². The van der Waals surface area contributed by atoms with Gasteiger partial charge in [-0.2, -0.15) is 0 Å². The highest BCUT2D eigenvalue weighted by Gasteiger charge is 2.24. The number of para-hydroxylation sites is 1. The summed E-state index contributed by atoms with van der Waals surface area (Å²) in [5.74, 6) is 0.428. The summed E-state index contributed by atoms with van der Waals surface area (Å²) in [6.07, 6.45) is 2.33. The fraction of sp³-hybridized carbons (Fsp3) is 0.333. The summed E-state index contributed by atoms with van der Waals surface area (Å²) in [6, 6.07) is 26.6. The first-order valence-electron chi connectivity index (χ1n) is 12.6. The van der Waals surface area contributed by atoms with E-state index in [-0.39, 0.29) is 17.9 Å². The topological polar surface area (TPSA) is 61.4 Å². The van der Waals surface area contributed by atoms with Crippen LogP contribution in [0.3, 0.4) is 0 Å². The number of nitrogens with one attached hydrogen (secondary N) is 2. The van der Waals surface area contributed by atoms with E-state index in [9.17, 15) is 9.59 Å². The number of hydrogen-bond donors (Lipinski definition) is 2. The van der Waals surface area contributed by atoms with Gasteiger partial charge in [0, 0.05) is 37.8 Å². The van der Waals surface area contributed by atoms with Crippen LogP contribution in [0.25, 0.3) is 11.1 Å². The highest BCUT2D eigenvalue weighted by atomic mass is 16.2. The Balaban J connectivity index is 1.33. The van der Waals surface area contributed by atoms with Crippen LogP contribution in [0.4, 0.5) is 5.69 Å². The van der Waals surface area contributed by atoms with E-state index >= 15 is 0 Å². The molecule has 0 bridgehead atoms. The van der Waals surface area contributed by atoms with Crippen molar-refractivity contribution in [2.24, 2.45) is 5.92 Å². The van der Waals surface area contributed by atoms with Crippen molar-refractivity contribution in [3.05, 3.63) is 90.0 Å². The molecule has 3 aromatic rings. The minimum absolute atomic E-state index is 0.0694. The zero-order valence-corrected chi connectivity index (χ0v) is 20.7. The van der Waals surface area contributed by atoms with Crippen molar-refractivity contribution in [1.82, 2.24) is 10.6 Å². The second kappa shape index (κ2) is 11.7. The largest absolute Gasteiger partial charge is 0.371 e. The normalized spacial score (nSPS) is 14.1. The van der Waals surface area contributed by atoms with E-state index in [1.165, 1.54) is 5.56 Å². The van der Waals surface area contributed by atoms with Crippen molar-refractivity contribution in [3.63, 3.8) is 0 Å². The number of carbonyl (C=O) groups excluding carboxylic acids is 2. The molecule has 5 heteroatoms. The Kier molecular flexibility index (Phi) is 8.19. The lowest BCUT2D eigenvalue weighted by molar-refractivity contribution is -0.122. The van der Waals surface area contributed by atoms with Gasteiger partial charge in [0.2, 0.25) is 5.91 Å². The van der Waals surface area contributed by atoms with E-state index in [2.05, 4.69) is 65.8 Å². The van der Waals surface area contributed by atoms with Gasteiger partial charge in [-0.3, -0.25) is 9.59 Å². The molecule has 0 radical (unpaired) electrons. The summed E-state index contributed by atoms with van der Waals surface area (Å²) < 4.78 is 0. The third-order valence-corrected chi connectivity index (χ3v) is 6.46. The van der Waals surface area contributed by atoms with Crippen molar-refractivity contribution >= 4 is 17.5 Å². The summed E-state index contributed by atoms with van der Waals surface area (Å²) in [7, 11) is 0. The zero-order chi connectivity index (χ0) is 24.6. The first kappa shape index (κ1) is 24.5. The lowest BCUT2D eigenvalue weighted by Crippen LogP contribution is -2.45. The molecule has 4 rings (SSSR count). The molecular formula is C30H35N3O2. The zero-order valence-electron chi connectivity index (χ0n) is 20.7. The lowest BCUT2D eigenvalue weighted by Gasteiger charge is -2.35. The monoisotopic (exact) mass is 469 g/mol. The van der Waals surface area contributed by atoms with Crippen LogP contribution in [0, 0.1) is 5.92 Å². The van der Waals surface area contributed by atoms with Crippen LogP contribution in [0.5, 0.6) is 0 Å². The van der Waals surface area contributed by atoms with Gasteiger partial charge in [0.15, 0.2) is 0 Å². The van der Waals surface area contributed by atoms with E-state index in [1.54, 1.807) is 0 Å². The van der Waals surface area contributed by atoms with E-state index in [4.69, 9.17) is 0 Å². The number of anilines is 1. The molecule has 182 valence electrons. The van der Waals surface area contributed by atoms with Crippen LogP contribution in [-0.2, 0) is 11.3 Å². The molecule has 2 N–H and O–H groups in total. The van der Waals surface area contributed by atoms with Crippen molar-refractivity contribution in [3.8, 4) is 11.1 Å². The van der Waals surface area contributed by atoms with Gasteiger partial charge in [0.1, 0.15) is 0 Å². The molecule has 1 saturated heterocycles. The van der Waals surface area contributed by atoms with Crippen LogP contribution >= 0.6 is 0 Å². The van der Waals surface area contributed by atoms with E-state index < -0.39 is 0 Å². The van der Waals surface area contributed by atoms with Crippen molar-refractivity contribution in [2.75, 3.05) is 18.0 Å². The maximum Gasteiger partial charge on any atom is 0.253 e. The van der Waals surface area contributed by atoms with Gasteiger partial charge in [-0.15, -0.1) is 0 Å². The summed E-state index contributed by atoms with van der Waals surface area (Å²) in [5.41, 5.74) is 5.05. The minimum Gasteiger partial charge on any atom is -0.371 e. The summed E-state index contributed by atoms with van der Waals surface area (Å²) in [5, 5.41) is 6.25. The SMILES string of the molecule is CC(C)CC(=O)NC1CCN(c2ccccc2C(=O)NCc2ccc(-c3ccccc3)cc2)CC1. The van der Waals surface area contributed by atoms with Crippen molar-refractivity contribution in [2.45, 2.75) is 45.7 Å². The van der Waals surface area contributed by atoms with E-state index in [1.807, 2.05) is 42.5 Å². The molecular weight excluding hydrogens is 434 g/mol. The number of hydrogen-bond acceptors (Lipinski definition) is 3. The first-order valence-corrected chi connectivity index (χ1v) is 12.6. The van der Waals surface area contributed by atoms with Gasteiger partial charge < -0.3 is 15.5 Å². The Labute approximate surface area is 208 Å². The third-order valence-electron chi connectivity index (χ3n) is 6.46. The molecule has 3 aromatic carbocycles. The molecule has 1 aliphatic heterocycles. The maximum absolute atomic E-state index is 13.1. The van der Waals surface area contributed by atoms with Crippen LogP contribution in [0.2, 0.25) is 0 Å². The molecule has 1 aliphatic rings. The number of nitrogens with zero attached hydrogens (tertiary/aromatic N) is 1. The molecule has 0 aliphatic carbocycles. The molecule has 0 atom stereocenters. The van der Waals surface area contributed by atoms with Gasteiger partial charge in [-0.25, -0.2) is 0 Å². The molecule has 0 saturated carbocycles. The Morgan fingerprint density at radius 2 is 1.49 bits per heavy atom. The second-order valence-electron chi connectivity index (χ2n) is 9.69. The van der Waals surface area contributed by atoms with E-state index in [0.717, 1.165) is 42.7 Å². The molecule has 0 aromatic heterocycles. The fourth-order valence-corrected chi connectivity index (χ4v) is 4.59. The Morgan fingerprint density at radius 1 is 0.857 bits per heavy atom. The quantitative estimate of drug-likeness (QED) is 0.463. The third kappa shape index (κ3) is 6.72. The molecule has 2 amide bonds. The number of benzene rings is 3.